The van der Waals surface area contributed by atoms with Crippen LogP contribution in [0.4, 0.5) is 5.69 Å². The number of nitrogens with zero attached hydrogens (tertiary/aromatic N) is 2. The molecule has 0 aliphatic carbocycles. The van der Waals surface area contributed by atoms with Crippen LogP contribution in [0.15, 0.2) is 59.4 Å². The number of aromatic nitrogens is 1. The lowest BCUT2D eigenvalue weighted by molar-refractivity contribution is -0.120. The highest BCUT2D eigenvalue weighted by molar-refractivity contribution is 5.95. The van der Waals surface area contributed by atoms with Gasteiger partial charge in [-0.3, -0.25) is 9.59 Å². The molecule has 0 bridgehead atoms. The van der Waals surface area contributed by atoms with E-state index in [1.165, 1.54) is 11.0 Å². The van der Waals surface area contributed by atoms with Crippen LogP contribution in [-0.2, 0) is 11.8 Å². The van der Waals surface area contributed by atoms with Crippen molar-refractivity contribution in [3.63, 3.8) is 0 Å². The van der Waals surface area contributed by atoms with Gasteiger partial charge in [-0.25, -0.2) is 0 Å². The fourth-order valence-electron chi connectivity index (χ4n) is 2.88. The number of aryl methyl sites for hydroxylation is 1. The zero-order valence-corrected chi connectivity index (χ0v) is 15.6. The summed E-state index contributed by atoms with van der Waals surface area (Å²) < 4.78 is 12.8. The molecule has 27 heavy (non-hydrogen) atoms. The van der Waals surface area contributed by atoms with E-state index in [4.69, 9.17) is 9.47 Å². The molecule has 0 aliphatic rings. The van der Waals surface area contributed by atoms with Crippen LogP contribution in [0.3, 0.4) is 0 Å². The minimum Gasteiger partial charge on any atom is -0.492 e. The van der Waals surface area contributed by atoms with Crippen molar-refractivity contribution in [2.45, 2.75) is 6.92 Å². The van der Waals surface area contributed by atoms with Gasteiger partial charge in [-0.1, -0.05) is 24.3 Å². The highest BCUT2D eigenvalue weighted by Gasteiger charge is 2.17. The standard InChI is InChI=1S/C21H22N2O4/c1-4-26-18-12-8-7-11-17(18)23(3)21(25)14-27-19-13-20(24)22(2)16-10-6-5-9-15(16)19/h5-13H,4,14H2,1-3H3. The van der Waals surface area contributed by atoms with E-state index < -0.39 is 0 Å². The summed E-state index contributed by atoms with van der Waals surface area (Å²) in [5.74, 6) is 0.787. The van der Waals surface area contributed by atoms with Crippen LogP contribution in [0, 0.1) is 0 Å². The molecule has 0 aliphatic heterocycles. The van der Waals surface area contributed by atoms with Gasteiger partial charge in [-0.2, -0.15) is 0 Å². The van der Waals surface area contributed by atoms with E-state index in [0.29, 0.717) is 23.8 Å². The van der Waals surface area contributed by atoms with Crippen LogP contribution >= 0.6 is 0 Å². The van der Waals surface area contributed by atoms with E-state index in [-0.39, 0.29) is 18.1 Å². The Hall–Kier alpha value is -3.28. The second kappa shape index (κ2) is 7.95. The number of amides is 1. The Labute approximate surface area is 157 Å². The van der Waals surface area contributed by atoms with Crippen molar-refractivity contribution in [2.75, 3.05) is 25.2 Å². The van der Waals surface area contributed by atoms with Crippen LogP contribution in [0.1, 0.15) is 6.92 Å². The molecule has 1 amide bonds. The van der Waals surface area contributed by atoms with Gasteiger partial charge in [-0.05, 0) is 31.2 Å². The summed E-state index contributed by atoms with van der Waals surface area (Å²) in [6.45, 7) is 2.21. The van der Waals surface area contributed by atoms with Gasteiger partial charge in [0.05, 0.1) is 17.8 Å². The lowest BCUT2D eigenvalue weighted by Crippen LogP contribution is -2.32. The number of carbonyl (C=O) groups is 1. The van der Waals surface area contributed by atoms with Gasteiger partial charge in [0.2, 0.25) is 0 Å². The molecule has 0 saturated carbocycles. The molecule has 140 valence electrons. The third-order valence-electron chi connectivity index (χ3n) is 4.37. The molecule has 0 radical (unpaired) electrons. The van der Waals surface area contributed by atoms with Crippen molar-refractivity contribution < 1.29 is 14.3 Å². The molecule has 0 unspecified atom stereocenters. The van der Waals surface area contributed by atoms with Gasteiger partial charge >= 0.3 is 0 Å². The number of carbonyl (C=O) groups excluding carboxylic acids is 1. The molecule has 2 aromatic carbocycles. The van der Waals surface area contributed by atoms with Gasteiger partial charge in [-0.15, -0.1) is 0 Å². The third kappa shape index (κ3) is 3.79. The number of hydrogen-bond acceptors (Lipinski definition) is 4. The topological polar surface area (TPSA) is 60.8 Å². The number of benzene rings is 2. The second-order valence-corrected chi connectivity index (χ2v) is 6.07. The Bertz CT molecular complexity index is 1030. The predicted octanol–water partition coefficient (Wildman–Crippen LogP) is 2.98. The maximum Gasteiger partial charge on any atom is 0.264 e. The lowest BCUT2D eigenvalue weighted by atomic mass is 10.2. The zero-order valence-electron chi connectivity index (χ0n) is 15.6. The third-order valence-corrected chi connectivity index (χ3v) is 4.37. The monoisotopic (exact) mass is 366 g/mol. The molecule has 6 heteroatoms. The molecule has 0 N–H and O–H groups in total. The van der Waals surface area contributed by atoms with Gasteiger partial charge in [0.1, 0.15) is 11.5 Å². The largest absolute Gasteiger partial charge is 0.492 e. The van der Waals surface area contributed by atoms with Crippen LogP contribution in [0.2, 0.25) is 0 Å². The zero-order chi connectivity index (χ0) is 19.4. The number of ether oxygens (including phenoxy) is 2. The minimum absolute atomic E-state index is 0.186. The fourth-order valence-corrected chi connectivity index (χ4v) is 2.88. The van der Waals surface area contributed by atoms with Crippen molar-refractivity contribution in [1.29, 1.82) is 0 Å². The van der Waals surface area contributed by atoms with Crippen molar-refractivity contribution in [2.24, 2.45) is 7.05 Å². The second-order valence-electron chi connectivity index (χ2n) is 6.07. The lowest BCUT2D eigenvalue weighted by Gasteiger charge is -2.21. The maximum absolute atomic E-state index is 12.6. The number of pyridine rings is 1. The first-order chi connectivity index (χ1) is 13.0. The molecular formula is C21H22N2O4. The summed E-state index contributed by atoms with van der Waals surface area (Å²) in [7, 11) is 3.38. The average molecular weight is 366 g/mol. The molecule has 0 fully saturated rings. The molecule has 1 heterocycles. The van der Waals surface area contributed by atoms with E-state index in [1.54, 1.807) is 18.7 Å². The summed E-state index contributed by atoms with van der Waals surface area (Å²) >= 11 is 0. The average Bonchev–Trinajstić information content (AvgIpc) is 2.69. The molecule has 0 spiro atoms. The van der Waals surface area contributed by atoms with Gasteiger partial charge in [0.15, 0.2) is 6.61 Å². The molecule has 3 aromatic rings. The highest BCUT2D eigenvalue weighted by atomic mass is 16.5. The molecule has 6 nitrogen and oxygen atoms in total. The summed E-state index contributed by atoms with van der Waals surface area (Å²) in [6, 6.07) is 16.2. The van der Waals surface area contributed by atoms with E-state index in [2.05, 4.69) is 0 Å². The van der Waals surface area contributed by atoms with Crippen molar-refractivity contribution in [3.8, 4) is 11.5 Å². The van der Waals surface area contributed by atoms with E-state index in [1.807, 2.05) is 55.5 Å². The first-order valence-electron chi connectivity index (χ1n) is 8.73. The Morgan fingerprint density at radius 1 is 1.04 bits per heavy atom. The van der Waals surface area contributed by atoms with Crippen molar-refractivity contribution >= 4 is 22.5 Å². The molecule has 0 saturated heterocycles. The summed E-state index contributed by atoms with van der Waals surface area (Å²) in [6.07, 6.45) is 0. The number of para-hydroxylation sites is 3. The van der Waals surface area contributed by atoms with Crippen LogP contribution in [0.5, 0.6) is 11.5 Å². The quantitative estimate of drug-likeness (QED) is 0.673. The Balaban J connectivity index is 1.82. The number of hydrogen-bond donors (Lipinski definition) is 0. The number of anilines is 1. The first-order valence-corrected chi connectivity index (χ1v) is 8.73. The van der Waals surface area contributed by atoms with Gasteiger partial charge in [0.25, 0.3) is 11.5 Å². The maximum atomic E-state index is 12.6. The minimum atomic E-state index is -0.244. The molecule has 3 rings (SSSR count). The molecule has 0 atom stereocenters. The Morgan fingerprint density at radius 3 is 2.52 bits per heavy atom. The smallest absolute Gasteiger partial charge is 0.264 e. The Morgan fingerprint density at radius 2 is 1.74 bits per heavy atom. The summed E-state index contributed by atoms with van der Waals surface area (Å²) in [5.41, 5.74) is 1.23. The molecule has 1 aromatic heterocycles. The van der Waals surface area contributed by atoms with Crippen LogP contribution in [-0.4, -0.2) is 30.7 Å². The normalized spacial score (nSPS) is 10.6. The number of fused-ring (bicyclic) bond motifs is 1. The highest BCUT2D eigenvalue weighted by Crippen LogP contribution is 2.28. The van der Waals surface area contributed by atoms with Crippen LogP contribution in [0.25, 0.3) is 10.9 Å². The van der Waals surface area contributed by atoms with Crippen molar-refractivity contribution in [3.05, 3.63) is 65.0 Å². The summed E-state index contributed by atoms with van der Waals surface area (Å²) in [5, 5.41) is 0.782. The predicted molar refractivity (Wildman–Crippen MR) is 106 cm³/mol. The Kier molecular flexibility index (Phi) is 5.45. The van der Waals surface area contributed by atoms with Crippen molar-refractivity contribution in [1.82, 2.24) is 4.57 Å². The van der Waals surface area contributed by atoms with Gasteiger partial charge in [0, 0.05) is 25.5 Å². The van der Waals surface area contributed by atoms with E-state index in [0.717, 1.165) is 10.9 Å². The number of likely N-dealkylation sites (N-methyl/N-ethyl adjacent to an activating group) is 1. The van der Waals surface area contributed by atoms with Gasteiger partial charge < -0.3 is 18.9 Å². The summed E-state index contributed by atoms with van der Waals surface area (Å²) in [4.78, 5) is 26.3. The van der Waals surface area contributed by atoms with E-state index >= 15 is 0 Å². The first kappa shape index (κ1) is 18.5. The molecular weight excluding hydrogens is 344 g/mol. The fraction of sp³-hybridized carbons (Fsp3) is 0.238. The van der Waals surface area contributed by atoms with E-state index in [9.17, 15) is 9.59 Å². The number of rotatable bonds is 6. The SMILES string of the molecule is CCOc1ccccc1N(C)C(=O)COc1cc(=O)n(C)c2ccccc12. The van der Waals surface area contributed by atoms with Crippen LogP contribution < -0.4 is 19.9 Å².